The van der Waals surface area contributed by atoms with E-state index in [-0.39, 0.29) is 4.75 Å². The van der Waals surface area contributed by atoms with Crippen molar-refractivity contribution in [3.8, 4) is 0 Å². The van der Waals surface area contributed by atoms with Crippen LogP contribution < -0.4 is 0 Å². The highest BCUT2D eigenvalue weighted by atomic mass is 32.2. The first-order chi connectivity index (χ1) is 5.62. The summed E-state index contributed by atoms with van der Waals surface area (Å²) in [4.78, 5) is 0. The topological polar surface area (TPSA) is 38.9 Å². The first-order valence-electron chi connectivity index (χ1n) is 3.98. The molecule has 1 heterocycles. The minimum absolute atomic E-state index is 0.0265. The molecular weight excluding hydrogens is 172 g/mol. The second-order valence-corrected chi connectivity index (χ2v) is 4.22. The van der Waals surface area contributed by atoms with E-state index in [4.69, 9.17) is 4.42 Å². The van der Waals surface area contributed by atoms with Gasteiger partial charge in [0.25, 0.3) is 0 Å². The molecule has 0 N–H and O–H groups in total. The molecule has 0 aliphatic rings. The molecule has 1 aromatic rings. The standard InChI is InChI=1S/C8H14N2OS/c1-5-8(3,12-4)7-10-9-6(2)11-7/h5H2,1-4H3. The number of hydrogen-bond acceptors (Lipinski definition) is 4. The minimum atomic E-state index is -0.0265. The average Bonchev–Trinajstić information content (AvgIpc) is 2.51. The Kier molecular flexibility index (Phi) is 2.77. The molecule has 12 heavy (non-hydrogen) atoms. The summed E-state index contributed by atoms with van der Waals surface area (Å²) in [7, 11) is 0. The van der Waals surface area contributed by atoms with Crippen molar-refractivity contribution in [1.82, 2.24) is 10.2 Å². The molecule has 0 radical (unpaired) electrons. The smallest absolute Gasteiger partial charge is 0.232 e. The zero-order valence-electron chi connectivity index (χ0n) is 7.92. The third-order valence-electron chi connectivity index (χ3n) is 2.10. The van der Waals surface area contributed by atoms with Gasteiger partial charge in [0.05, 0.1) is 4.75 Å². The van der Waals surface area contributed by atoms with E-state index in [2.05, 4.69) is 30.3 Å². The third-order valence-corrected chi connectivity index (χ3v) is 3.47. The van der Waals surface area contributed by atoms with Crippen LogP contribution in [0, 0.1) is 6.92 Å². The van der Waals surface area contributed by atoms with Gasteiger partial charge in [-0.05, 0) is 19.6 Å². The van der Waals surface area contributed by atoms with Crippen molar-refractivity contribution in [3.63, 3.8) is 0 Å². The van der Waals surface area contributed by atoms with Gasteiger partial charge in [-0.3, -0.25) is 0 Å². The Morgan fingerprint density at radius 1 is 1.50 bits per heavy atom. The van der Waals surface area contributed by atoms with Gasteiger partial charge in [0, 0.05) is 6.92 Å². The van der Waals surface area contributed by atoms with Crippen molar-refractivity contribution < 1.29 is 4.42 Å². The van der Waals surface area contributed by atoms with Gasteiger partial charge in [-0.2, -0.15) is 0 Å². The molecular formula is C8H14N2OS. The monoisotopic (exact) mass is 186 g/mol. The van der Waals surface area contributed by atoms with Crippen LogP contribution in [0.5, 0.6) is 0 Å². The van der Waals surface area contributed by atoms with Crippen LogP contribution in [0.1, 0.15) is 32.0 Å². The summed E-state index contributed by atoms with van der Waals surface area (Å²) in [5.74, 6) is 1.37. The van der Waals surface area contributed by atoms with Crippen molar-refractivity contribution in [2.24, 2.45) is 0 Å². The second-order valence-electron chi connectivity index (χ2n) is 2.91. The fourth-order valence-electron chi connectivity index (χ4n) is 0.893. The third kappa shape index (κ3) is 1.63. The predicted molar refractivity (Wildman–Crippen MR) is 50.2 cm³/mol. The maximum absolute atomic E-state index is 5.39. The molecule has 0 bridgehead atoms. The zero-order chi connectivity index (χ0) is 9.19. The lowest BCUT2D eigenvalue weighted by atomic mass is 10.1. The number of thioether (sulfide) groups is 1. The van der Waals surface area contributed by atoms with E-state index < -0.39 is 0 Å². The van der Waals surface area contributed by atoms with E-state index in [1.807, 2.05) is 6.92 Å². The molecule has 0 aliphatic heterocycles. The lowest BCUT2D eigenvalue weighted by molar-refractivity contribution is 0.413. The average molecular weight is 186 g/mol. The first-order valence-corrected chi connectivity index (χ1v) is 5.20. The van der Waals surface area contributed by atoms with Crippen molar-refractivity contribution in [2.75, 3.05) is 6.26 Å². The molecule has 0 saturated carbocycles. The fraction of sp³-hybridized carbons (Fsp3) is 0.750. The van der Waals surface area contributed by atoms with E-state index >= 15 is 0 Å². The number of nitrogens with zero attached hydrogens (tertiary/aromatic N) is 2. The molecule has 1 unspecified atom stereocenters. The summed E-state index contributed by atoms with van der Waals surface area (Å²) in [6, 6.07) is 0. The lowest BCUT2D eigenvalue weighted by Gasteiger charge is -2.20. The summed E-state index contributed by atoms with van der Waals surface area (Å²) in [5.41, 5.74) is 0. The Morgan fingerprint density at radius 2 is 2.17 bits per heavy atom. The normalized spacial score (nSPS) is 16.0. The largest absolute Gasteiger partial charge is 0.424 e. The molecule has 1 aromatic heterocycles. The molecule has 1 rings (SSSR count). The van der Waals surface area contributed by atoms with Gasteiger partial charge in [0.2, 0.25) is 11.8 Å². The quantitative estimate of drug-likeness (QED) is 0.726. The van der Waals surface area contributed by atoms with E-state index in [0.717, 1.165) is 12.3 Å². The highest BCUT2D eigenvalue weighted by molar-refractivity contribution is 7.99. The summed E-state index contributed by atoms with van der Waals surface area (Å²) in [5, 5.41) is 7.84. The van der Waals surface area contributed by atoms with Gasteiger partial charge in [0.1, 0.15) is 0 Å². The summed E-state index contributed by atoms with van der Waals surface area (Å²) in [6.07, 6.45) is 3.05. The van der Waals surface area contributed by atoms with Crippen LogP contribution in [-0.2, 0) is 4.75 Å². The second kappa shape index (κ2) is 3.47. The number of rotatable bonds is 3. The van der Waals surface area contributed by atoms with E-state index in [0.29, 0.717) is 5.89 Å². The zero-order valence-corrected chi connectivity index (χ0v) is 8.73. The lowest BCUT2D eigenvalue weighted by Crippen LogP contribution is -2.15. The van der Waals surface area contributed by atoms with Crippen LogP contribution >= 0.6 is 11.8 Å². The maximum Gasteiger partial charge on any atom is 0.232 e. The van der Waals surface area contributed by atoms with Crippen molar-refractivity contribution >= 4 is 11.8 Å². The van der Waals surface area contributed by atoms with Crippen LogP contribution in [0.15, 0.2) is 4.42 Å². The van der Waals surface area contributed by atoms with E-state index in [9.17, 15) is 0 Å². The summed E-state index contributed by atoms with van der Waals surface area (Å²) in [6.45, 7) is 6.05. The van der Waals surface area contributed by atoms with Crippen LogP contribution in [-0.4, -0.2) is 16.5 Å². The van der Waals surface area contributed by atoms with Gasteiger partial charge < -0.3 is 4.42 Å². The number of aromatic nitrogens is 2. The SMILES string of the molecule is CCC(C)(SC)c1nnc(C)o1. The highest BCUT2D eigenvalue weighted by Gasteiger charge is 2.29. The van der Waals surface area contributed by atoms with Crippen molar-refractivity contribution in [3.05, 3.63) is 11.8 Å². The Bertz CT molecular complexity index is 255. The fourth-order valence-corrected chi connectivity index (χ4v) is 1.44. The molecule has 0 saturated heterocycles. The molecule has 0 aliphatic carbocycles. The molecule has 0 spiro atoms. The van der Waals surface area contributed by atoms with Crippen LogP contribution in [0.3, 0.4) is 0 Å². The van der Waals surface area contributed by atoms with Crippen LogP contribution in [0.4, 0.5) is 0 Å². The van der Waals surface area contributed by atoms with Gasteiger partial charge in [-0.15, -0.1) is 22.0 Å². The predicted octanol–water partition coefficient (Wildman–Crippen LogP) is 2.37. The van der Waals surface area contributed by atoms with Crippen molar-refractivity contribution in [2.45, 2.75) is 31.9 Å². The van der Waals surface area contributed by atoms with E-state index in [1.165, 1.54) is 0 Å². The van der Waals surface area contributed by atoms with Gasteiger partial charge in [-0.25, -0.2) is 0 Å². The Hall–Kier alpha value is -0.510. The number of aryl methyl sites for hydroxylation is 1. The number of hydrogen-bond donors (Lipinski definition) is 0. The minimum Gasteiger partial charge on any atom is -0.424 e. The Morgan fingerprint density at radius 3 is 2.50 bits per heavy atom. The maximum atomic E-state index is 5.39. The van der Waals surface area contributed by atoms with Crippen molar-refractivity contribution in [1.29, 1.82) is 0 Å². The van der Waals surface area contributed by atoms with Gasteiger partial charge in [-0.1, -0.05) is 6.92 Å². The Balaban J connectivity index is 2.94. The highest BCUT2D eigenvalue weighted by Crippen LogP contribution is 2.36. The molecule has 3 nitrogen and oxygen atoms in total. The molecule has 0 aromatic carbocycles. The van der Waals surface area contributed by atoms with Crippen LogP contribution in [0.25, 0.3) is 0 Å². The molecule has 68 valence electrons. The molecule has 0 fully saturated rings. The summed E-state index contributed by atoms with van der Waals surface area (Å²) >= 11 is 1.74. The van der Waals surface area contributed by atoms with Gasteiger partial charge >= 0.3 is 0 Å². The summed E-state index contributed by atoms with van der Waals surface area (Å²) < 4.78 is 5.36. The molecule has 0 amide bonds. The Labute approximate surface area is 76.9 Å². The molecule has 4 heteroatoms. The molecule has 1 atom stereocenters. The van der Waals surface area contributed by atoms with Gasteiger partial charge in [0.15, 0.2) is 0 Å². The first kappa shape index (κ1) is 9.58. The van der Waals surface area contributed by atoms with Crippen LogP contribution in [0.2, 0.25) is 0 Å². The van der Waals surface area contributed by atoms with E-state index in [1.54, 1.807) is 11.8 Å².